The maximum absolute atomic E-state index is 13.8. The van der Waals surface area contributed by atoms with Crippen molar-refractivity contribution in [1.82, 2.24) is 15.1 Å². The summed E-state index contributed by atoms with van der Waals surface area (Å²) >= 11 is 0. The summed E-state index contributed by atoms with van der Waals surface area (Å²) in [6, 6.07) is 1.72. The third-order valence-corrected chi connectivity index (χ3v) is 5.68. The van der Waals surface area contributed by atoms with Gasteiger partial charge in [0.25, 0.3) is 5.91 Å². The van der Waals surface area contributed by atoms with Crippen molar-refractivity contribution < 1.29 is 31.9 Å². The lowest BCUT2D eigenvalue weighted by Gasteiger charge is -2.42. The molecule has 7 nitrogen and oxygen atoms in total. The Balaban J connectivity index is 1.64. The van der Waals surface area contributed by atoms with Gasteiger partial charge in [0, 0.05) is 30.5 Å². The van der Waals surface area contributed by atoms with E-state index in [2.05, 4.69) is 10.4 Å². The van der Waals surface area contributed by atoms with Gasteiger partial charge in [0.15, 0.2) is 5.72 Å². The summed E-state index contributed by atoms with van der Waals surface area (Å²) in [6.07, 6.45) is -1.40. The van der Waals surface area contributed by atoms with E-state index in [1.807, 2.05) is 0 Å². The Hall–Kier alpha value is -2.69. The molecule has 1 saturated carbocycles. The molecule has 2 aliphatic rings. The number of esters is 1. The van der Waals surface area contributed by atoms with Crippen molar-refractivity contribution in [2.24, 2.45) is 11.7 Å². The zero-order valence-electron chi connectivity index (χ0n) is 15.1. The fourth-order valence-corrected chi connectivity index (χ4v) is 4.03. The number of primary amides is 1. The molecule has 156 valence electrons. The van der Waals surface area contributed by atoms with E-state index in [1.165, 1.54) is 16.9 Å². The van der Waals surface area contributed by atoms with Crippen LogP contribution < -0.4 is 11.1 Å². The standard InChI is InChI=1S/C18H18F4N4O3/c19-11-4-9-8-26(25-14(9)13(5-11)15(23)27)12-6-17(24-7-12,10-2-1-3-10)29-16(28)18(20,21)22/h4-5,8,10,12,24H,1-3,6-7H2,(H2,23,27). The van der Waals surface area contributed by atoms with Gasteiger partial charge >= 0.3 is 12.1 Å². The second-order valence-electron chi connectivity index (χ2n) is 7.51. The van der Waals surface area contributed by atoms with Crippen LogP contribution in [0.25, 0.3) is 10.9 Å². The summed E-state index contributed by atoms with van der Waals surface area (Å²) in [5.41, 5.74) is 3.96. The summed E-state index contributed by atoms with van der Waals surface area (Å²) < 4.78 is 58.5. The summed E-state index contributed by atoms with van der Waals surface area (Å²) in [4.78, 5) is 23.1. The number of carbonyl (C=O) groups is 2. The Labute approximate surface area is 162 Å². The van der Waals surface area contributed by atoms with Crippen molar-refractivity contribution in [3.63, 3.8) is 0 Å². The number of rotatable bonds is 4. The molecule has 0 bridgehead atoms. The first-order valence-electron chi connectivity index (χ1n) is 9.12. The van der Waals surface area contributed by atoms with E-state index in [0.717, 1.165) is 12.5 Å². The van der Waals surface area contributed by atoms with E-state index in [1.54, 1.807) is 0 Å². The van der Waals surface area contributed by atoms with Crippen LogP contribution in [0.15, 0.2) is 18.3 Å². The van der Waals surface area contributed by atoms with Gasteiger partial charge in [-0.05, 0) is 25.0 Å². The van der Waals surface area contributed by atoms with Crippen LogP contribution in [-0.4, -0.2) is 40.1 Å². The molecule has 2 atom stereocenters. The molecular weight excluding hydrogens is 396 g/mol. The van der Waals surface area contributed by atoms with Crippen molar-refractivity contribution in [3.05, 3.63) is 29.7 Å². The first-order chi connectivity index (χ1) is 13.6. The topological polar surface area (TPSA) is 99.2 Å². The van der Waals surface area contributed by atoms with Crippen LogP contribution in [0.1, 0.15) is 42.1 Å². The number of amides is 1. The molecule has 1 amide bonds. The molecular formula is C18H18F4N4O3. The van der Waals surface area contributed by atoms with Gasteiger partial charge in [0.1, 0.15) is 11.3 Å². The zero-order chi connectivity index (χ0) is 21.0. The van der Waals surface area contributed by atoms with Gasteiger partial charge in [-0.2, -0.15) is 18.3 Å². The molecule has 4 rings (SSSR count). The van der Waals surface area contributed by atoms with Crippen LogP contribution in [0.2, 0.25) is 0 Å². The monoisotopic (exact) mass is 414 g/mol. The van der Waals surface area contributed by atoms with Crippen LogP contribution in [0.5, 0.6) is 0 Å². The number of hydrogen-bond acceptors (Lipinski definition) is 5. The van der Waals surface area contributed by atoms with Crippen LogP contribution in [-0.2, 0) is 9.53 Å². The highest BCUT2D eigenvalue weighted by Gasteiger charge is 2.54. The second-order valence-corrected chi connectivity index (χ2v) is 7.51. The fraction of sp³-hybridized carbons (Fsp3) is 0.500. The minimum Gasteiger partial charge on any atom is -0.437 e. The van der Waals surface area contributed by atoms with E-state index in [9.17, 15) is 27.2 Å². The number of benzene rings is 1. The van der Waals surface area contributed by atoms with E-state index in [0.29, 0.717) is 18.2 Å². The molecule has 2 aromatic rings. The maximum Gasteiger partial charge on any atom is 0.490 e. The van der Waals surface area contributed by atoms with Crippen molar-refractivity contribution in [2.75, 3.05) is 6.54 Å². The Kier molecular flexibility index (Phi) is 4.52. The number of carbonyl (C=O) groups excluding carboxylic acids is 2. The predicted molar refractivity (Wildman–Crippen MR) is 92.1 cm³/mol. The largest absolute Gasteiger partial charge is 0.490 e. The van der Waals surface area contributed by atoms with Crippen molar-refractivity contribution in [3.8, 4) is 0 Å². The molecule has 29 heavy (non-hydrogen) atoms. The number of nitrogens with two attached hydrogens (primary N) is 1. The van der Waals surface area contributed by atoms with Crippen LogP contribution in [0.3, 0.4) is 0 Å². The maximum atomic E-state index is 13.8. The minimum atomic E-state index is -5.09. The molecule has 2 fully saturated rings. The third kappa shape index (κ3) is 3.43. The van der Waals surface area contributed by atoms with Crippen molar-refractivity contribution >= 4 is 22.8 Å². The number of aromatic nitrogens is 2. The van der Waals surface area contributed by atoms with Crippen LogP contribution in [0, 0.1) is 11.7 Å². The number of halogens is 4. The first kappa shape index (κ1) is 19.6. The lowest BCUT2D eigenvalue weighted by atomic mass is 9.76. The fourth-order valence-electron chi connectivity index (χ4n) is 4.03. The zero-order valence-corrected chi connectivity index (χ0v) is 15.1. The summed E-state index contributed by atoms with van der Waals surface area (Å²) in [5.74, 6) is -3.96. The molecule has 0 spiro atoms. The van der Waals surface area contributed by atoms with E-state index < -0.39 is 35.6 Å². The average molecular weight is 414 g/mol. The molecule has 1 aliphatic carbocycles. The summed E-state index contributed by atoms with van der Waals surface area (Å²) in [7, 11) is 0. The van der Waals surface area contributed by atoms with Gasteiger partial charge in [-0.1, -0.05) is 6.42 Å². The number of nitrogens with zero attached hydrogens (tertiary/aromatic N) is 2. The summed E-state index contributed by atoms with van der Waals surface area (Å²) in [6.45, 7) is 0.198. The molecule has 1 aromatic heterocycles. The van der Waals surface area contributed by atoms with E-state index >= 15 is 0 Å². The number of alkyl halides is 3. The number of nitrogens with one attached hydrogen (secondary N) is 1. The SMILES string of the molecule is NC(=O)c1cc(F)cc2cn(C3CNC(OC(=O)C(F)(F)F)(C4CCC4)C3)nc12. The minimum absolute atomic E-state index is 0.0713. The smallest absolute Gasteiger partial charge is 0.437 e. The van der Waals surface area contributed by atoms with Crippen molar-refractivity contribution in [2.45, 2.75) is 43.6 Å². The van der Waals surface area contributed by atoms with Gasteiger partial charge < -0.3 is 10.5 Å². The molecule has 3 N–H and O–H groups in total. The van der Waals surface area contributed by atoms with Gasteiger partial charge in [-0.25, -0.2) is 9.18 Å². The Morgan fingerprint density at radius 1 is 1.31 bits per heavy atom. The lowest BCUT2D eigenvalue weighted by molar-refractivity contribution is -0.224. The molecule has 1 saturated heterocycles. The molecule has 11 heteroatoms. The van der Waals surface area contributed by atoms with Gasteiger partial charge in [0.2, 0.25) is 0 Å². The number of hydrogen-bond donors (Lipinski definition) is 2. The number of ether oxygens (including phenoxy) is 1. The number of fused-ring (bicyclic) bond motifs is 1. The third-order valence-electron chi connectivity index (χ3n) is 5.68. The van der Waals surface area contributed by atoms with E-state index in [-0.39, 0.29) is 30.0 Å². The molecule has 2 heterocycles. The van der Waals surface area contributed by atoms with Crippen LogP contribution >= 0.6 is 0 Å². The lowest BCUT2D eigenvalue weighted by Crippen LogP contribution is -2.54. The predicted octanol–water partition coefficient (Wildman–Crippen LogP) is 2.41. The highest BCUT2D eigenvalue weighted by molar-refractivity contribution is 6.04. The molecule has 0 radical (unpaired) electrons. The van der Waals surface area contributed by atoms with Gasteiger partial charge in [-0.3, -0.25) is 14.8 Å². The Morgan fingerprint density at radius 3 is 2.62 bits per heavy atom. The Morgan fingerprint density at radius 2 is 2.03 bits per heavy atom. The molecule has 2 unspecified atom stereocenters. The normalized spacial score (nSPS) is 25.2. The summed E-state index contributed by atoms with van der Waals surface area (Å²) in [5, 5.41) is 7.59. The average Bonchev–Trinajstić information content (AvgIpc) is 3.15. The first-order valence-corrected chi connectivity index (χ1v) is 9.12. The Bertz CT molecular complexity index is 985. The van der Waals surface area contributed by atoms with Gasteiger partial charge in [0.05, 0.1) is 11.6 Å². The van der Waals surface area contributed by atoms with E-state index in [4.69, 9.17) is 10.5 Å². The van der Waals surface area contributed by atoms with Gasteiger partial charge in [-0.15, -0.1) is 0 Å². The van der Waals surface area contributed by atoms with Crippen LogP contribution in [0.4, 0.5) is 17.6 Å². The van der Waals surface area contributed by atoms with Crippen molar-refractivity contribution in [1.29, 1.82) is 0 Å². The highest BCUT2D eigenvalue weighted by atomic mass is 19.4. The second kappa shape index (κ2) is 6.68. The quantitative estimate of drug-likeness (QED) is 0.591. The molecule has 1 aromatic carbocycles. The highest BCUT2D eigenvalue weighted by Crippen LogP contribution is 2.45. The molecule has 1 aliphatic heterocycles.